The minimum Gasteiger partial charge on any atom is -0.333 e. The van der Waals surface area contributed by atoms with Crippen LogP contribution in [0.1, 0.15) is 16.3 Å². The second-order valence-electron chi connectivity index (χ2n) is 3.47. The lowest BCUT2D eigenvalue weighted by Gasteiger charge is -2.13. The van der Waals surface area contributed by atoms with Crippen LogP contribution in [0.3, 0.4) is 0 Å². The molecule has 2 aromatic heterocycles. The Morgan fingerprint density at radius 3 is 3.00 bits per heavy atom. The van der Waals surface area contributed by atoms with Crippen LogP contribution < -0.4 is 0 Å². The van der Waals surface area contributed by atoms with Gasteiger partial charge < -0.3 is 4.90 Å². The van der Waals surface area contributed by atoms with Gasteiger partial charge in [-0.1, -0.05) is 0 Å². The number of nitrogens with zero attached hydrogens (tertiary/aromatic N) is 5. The predicted octanol–water partition coefficient (Wildman–Crippen LogP) is -0.190. The van der Waals surface area contributed by atoms with Gasteiger partial charge in [0.2, 0.25) is 0 Å². The molecule has 0 saturated carbocycles. The van der Waals surface area contributed by atoms with E-state index < -0.39 is 0 Å². The normalized spacial score (nSPS) is 10.4. The molecule has 0 unspecified atom stereocenters. The van der Waals surface area contributed by atoms with Gasteiger partial charge in [0.1, 0.15) is 17.8 Å². The van der Waals surface area contributed by atoms with Crippen molar-refractivity contribution in [3.05, 3.63) is 30.1 Å². The zero-order valence-corrected chi connectivity index (χ0v) is 9.08. The van der Waals surface area contributed by atoms with E-state index in [0.717, 1.165) is 0 Å². The monoisotopic (exact) mass is 220 g/mol. The van der Waals surface area contributed by atoms with Crippen molar-refractivity contribution in [2.75, 3.05) is 7.05 Å². The molecule has 84 valence electrons. The number of nitrogens with one attached hydrogen (secondary N) is 1. The highest BCUT2D eigenvalue weighted by Crippen LogP contribution is 2.02. The maximum absolute atomic E-state index is 11.9. The van der Waals surface area contributed by atoms with Crippen molar-refractivity contribution in [3.8, 4) is 0 Å². The Morgan fingerprint density at radius 2 is 2.44 bits per heavy atom. The maximum Gasteiger partial charge on any atom is 0.274 e. The standard InChI is InChI=1S/C9H12N6O/c1-14(5-8-10-6-11-12-8)9(16)7-3-4-15(2)13-7/h3-4,6H,5H2,1-2H3,(H,10,11,12). The molecule has 0 fully saturated rings. The molecule has 2 heterocycles. The topological polar surface area (TPSA) is 79.7 Å². The fourth-order valence-electron chi connectivity index (χ4n) is 1.33. The third-order valence-electron chi connectivity index (χ3n) is 2.13. The molecule has 0 aliphatic carbocycles. The van der Waals surface area contributed by atoms with Crippen molar-refractivity contribution >= 4 is 5.91 Å². The Kier molecular flexibility index (Phi) is 2.67. The molecule has 0 bridgehead atoms. The number of aryl methyl sites for hydroxylation is 1. The van der Waals surface area contributed by atoms with Gasteiger partial charge in [-0.3, -0.25) is 14.6 Å². The van der Waals surface area contributed by atoms with Crippen molar-refractivity contribution in [2.24, 2.45) is 7.05 Å². The van der Waals surface area contributed by atoms with Gasteiger partial charge in [-0.15, -0.1) is 0 Å². The molecular weight excluding hydrogens is 208 g/mol. The Bertz CT molecular complexity index is 474. The molecule has 0 spiro atoms. The first-order chi connectivity index (χ1) is 7.66. The van der Waals surface area contributed by atoms with Gasteiger partial charge in [0.15, 0.2) is 0 Å². The number of aromatic amines is 1. The van der Waals surface area contributed by atoms with Crippen LogP contribution in [0.25, 0.3) is 0 Å². The minimum atomic E-state index is -0.142. The number of rotatable bonds is 3. The summed E-state index contributed by atoms with van der Waals surface area (Å²) in [6.07, 6.45) is 3.14. The molecular formula is C9H12N6O. The average Bonchev–Trinajstić information content (AvgIpc) is 2.88. The van der Waals surface area contributed by atoms with Crippen LogP contribution >= 0.6 is 0 Å². The molecule has 7 heteroatoms. The zero-order valence-electron chi connectivity index (χ0n) is 9.08. The summed E-state index contributed by atoms with van der Waals surface area (Å²) in [5.74, 6) is 0.504. The summed E-state index contributed by atoms with van der Waals surface area (Å²) in [5, 5.41) is 10.5. The SMILES string of the molecule is CN(Cc1ncn[nH]1)C(=O)c1ccn(C)n1. The summed E-state index contributed by atoms with van der Waals surface area (Å²) in [5.41, 5.74) is 0.421. The molecule has 1 amide bonds. The van der Waals surface area contributed by atoms with Gasteiger partial charge in [-0.2, -0.15) is 10.2 Å². The highest BCUT2D eigenvalue weighted by Gasteiger charge is 2.15. The quantitative estimate of drug-likeness (QED) is 0.777. The fourth-order valence-corrected chi connectivity index (χ4v) is 1.33. The third kappa shape index (κ3) is 2.08. The van der Waals surface area contributed by atoms with Gasteiger partial charge in [-0.25, -0.2) is 4.98 Å². The van der Waals surface area contributed by atoms with Crippen molar-refractivity contribution in [2.45, 2.75) is 6.54 Å². The fraction of sp³-hybridized carbons (Fsp3) is 0.333. The molecule has 0 aliphatic rings. The average molecular weight is 220 g/mol. The predicted molar refractivity (Wildman–Crippen MR) is 55.4 cm³/mol. The molecule has 0 radical (unpaired) electrons. The summed E-state index contributed by atoms with van der Waals surface area (Å²) in [4.78, 5) is 17.4. The van der Waals surface area contributed by atoms with E-state index in [2.05, 4.69) is 20.3 Å². The van der Waals surface area contributed by atoms with E-state index in [1.54, 1.807) is 31.0 Å². The lowest BCUT2D eigenvalue weighted by molar-refractivity contribution is 0.0775. The van der Waals surface area contributed by atoms with Gasteiger partial charge in [0, 0.05) is 20.3 Å². The third-order valence-corrected chi connectivity index (χ3v) is 2.13. The number of H-pyrrole nitrogens is 1. The van der Waals surface area contributed by atoms with E-state index in [0.29, 0.717) is 18.1 Å². The molecule has 0 atom stereocenters. The zero-order chi connectivity index (χ0) is 11.5. The number of carbonyl (C=O) groups excluding carboxylic acids is 1. The molecule has 2 rings (SSSR count). The number of hydrogen-bond acceptors (Lipinski definition) is 4. The maximum atomic E-state index is 11.9. The first-order valence-corrected chi connectivity index (χ1v) is 4.76. The Balaban J connectivity index is 2.05. The number of carbonyl (C=O) groups is 1. The summed E-state index contributed by atoms with van der Waals surface area (Å²) >= 11 is 0. The first kappa shape index (κ1) is 10.3. The van der Waals surface area contributed by atoms with Crippen LogP contribution in [0, 0.1) is 0 Å². The van der Waals surface area contributed by atoms with E-state index >= 15 is 0 Å². The van der Waals surface area contributed by atoms with E-state index in [9.17, 15) is 4.79 Å². The first-order valence-electron chi connectivity index (χ1n) is 4.76. The number of hydrogen-bond donors (Lipinski definition) is 1. The Morgan fingerprint density at radius 1 is 1.62 bits per heavy atom. The van der Waals surface area contributed by atoms with E-state index in [-0.39, 0.29) is 5.91 Å². The highest BCUT2D eigenvalue weighted by atomic mass is 16.2. The summed E-state index contributed by atoms with van der Waals surface area (Å²) in [6.45, 7) is 0.384. The van der Waals surface area contributed by atoms with Crippen LogP contribution in [0.5, 0.6) is 0 Å². The van der Waals surface area contributed by atoms with Gasteiger partial charge >= 0.3 is 0 Å². The van der Waals surface area contributed by atoms with Crippen molar-refractivity contribution in [3.63, 3.8) is 0 Å². The lowest BCUT2D eigenvalue weighted by Crippen LogP contribution is -2.27. The highest BCUT2D eigenvalue weighted by molar-refractivity contribution is 5.91. The summed E-state index contributed by atoms with van der Waals surface area (Å²) in [7, 11) is 3.47. The molecule has 1 N–H and O–H groups in total. The van der Waals surface area contributed by atoms with Gasteiger partial charge in [0.25, 0.3) is 5.91 Å². The van der Waals surface area contributed by atoms with Gasteiger partial charge in [0.05, 0.1) is 6.54 Å². The molecule has 2 aromatic rings. The van der Waals surface area contributed by atoms with Crippen molar-refractivity contribution in [1.82, 2.24) is 29.9 Å². The van der Waals surface area contributed by atoms with Crippen molar-refractivity contribution in [1.29, 1.82) is 0 Å². The largest absolute Gasteiger partial charge is 0.333 e. The number of amides is 1. The van der Waals surface area contributed by atoms with Crippen LogP contribution in [0.15, 0.2) is 18.6 Å². The van der Waals surface area contributed by atoms with E-state index in [4.69, 9.17) is 0 Å². The van der Waals surface area contributed by atoms with E-state index in [1.807, 2.05) is 0 Å². The molecule has 0 aliphatic heterocycles. The Hall–Kier alpha value is -2.18. The second-order valence-corrected chi connectivity index (χ2v) is 3.47. The summed E-state index contributed by atoms with van der Waals surface area (Å²) < 4.78 is 1.59. The number of aromatic nitrogens is 5. The van der Waals surface area contributed by atoms with Gasteiger partial charge in [-0.05, 0) is 6.07 Å². The molecule has 7 nitrogen and oxygen atoms in total. The molecule has 16 heavy (non-hydrogen) atoms. The van der Waals surface area contributed by atoms with Crippen LogP contribution in [-0.2, 0) is 13.6 Å². The van der Waals surface area contributed by atoms with Crippen LogP contribution in [0.4, 0.5) is 0 Å². The van der Waals surface area contributed by atoms with Crippen molar-refractivity contribution < 1.29 is 4.79 Å². The van der Waals surface area contributed by atoms with Crippen LogP contribution in [-0.4, -0.2) is 42.8 Å². The van der Waals surface area contributed by atoms with Crippen LogP contribution in [0.2, 0.25) is 0 Å². The second kappa shape index (κ2) is 4.13. The lowest BCUT2D eigenvalue weighted by atomic mass is 10.3. The minimum absolute atomic E-state index is 0.142. The van der Waals surface area contributed by atoms with E-state index in [1.165, 1.54) is 11.2 Å². The Labute approximate surface area is 92.1 Å². The molecule has 0 aromatic carbocycles. The molecule has 0 saturated heterocycles. The summed E-state index contributed by atoms with van der Waals surface area (Å²) in [6, 6.07) is 1.68. The smallest absolute Gasteiger partial charge is 0.274 e.